The van der Waals surface area contributed by atoms with Crippen molar-refractivity contribution in [1.29, 1.82) is 0 Å². The van der Waals surface area contributed by atoms with E-state index in [-0.39, 0.29) is 42.3 Å². The van der Waals surface area contributed by atoms with Gasteiger partial charge in [-0.1, -0.05) is 19.4 Å². The van der Waals surface area contributed by atoms with Gasteiger partial charge in [-0.2, -0.15) is 0 Å². The third kappa shape index (κ3) is 7.92. The van der Waals surface area contributed by atoms with E-state index in [1.54, 1.807) is 24.3 Å². The summed E-state index contributed by atoms with van der Waals surface area (Å²) >= 11 is 0. The molecule has 4 rings (SSSR count). The quantitative estimate of drug-likeness (QED) is 0.0895. The standard InChI is InChI=1S/C30H32O9/c1-2-27(31)35-18-3-4-19-36-30(34)38-24-15-10-21(11-16-24)28(32)37-23-13-8-22(9-14-23)29(33)39-26-17-12-20-6-5-7-25(20)26/h2,8-11,13-16,20,25-26H,1,3-7,12,17-19H2/t20?,25?,26-/m1/s1. The third-order valence-electron chi connectivity index (χ3n) is 7.04. The highest BCUT2D eigenvalue weighted by molar-refractivity contribution is 5.92. The molecule has 0 spiro atoms. The summed E-state index contributed by atoms with van der Waals surface area (Å²) in [6.07, 6.45) is 6.85. The van der Waals surface area contributed by atoms with Gasteiger partial charge in [0, 0.05) is 6.08 Å². The molecule has 3 atom stereocenters. The van der Waals surface area contributed by atoms with Crippen LogP contribution in [0.15, 0.2) is 61.2 Å². The molecule has 0 heterocycles. The van der Waals surface area contributed by atoms with Crippen LogP contribution in [0.3, 0.4) is 0 Å². The maximum absolute atomic E-state index is 12.6. The number of ether oxygens (including phenoxy) is 5. The lowest BCUT2D eigenvalue weighted by Crippen LogP contribution is -2.22. The second-order valence-electron chi connectivity index (χ2n) is 9.59. The van der Waals surface area contributed by atoms with Crippen molar-refractivity contribution in [3.8, 4) is 11.5 Å². The molecule has 9 nitrogen and oxygen atoms in total. The molecule has 2 unspecified atom stereocenters. The topological polar surface area (TPSA) is 114 Å². The Morgan fingerprint density at radius 3 is 2.03 bits per heavy atom. The summed E-state index contributed by atoms with van der Waals surface area (Å²) in [7, 11) is 0. The van der Waals surface area contributed by atoms with Gasteiger partial charge in [-0.15, -0.1) is 0 Å². The summed E-state index contributed by atoms with van der Waals surface area (Å²) in [6.45, 7) is 3.61. The first-order valence-electron chi connectivity index (χ1n) is 13.2. The fourth-order valence-corrected chi connectivity index (χ4v) is 5.06. The summed E-state index contributed by atoms with van der Waals surface area (Å²) in [5.74, 6) is 0.213. The van der Waals surface area contributed by atoms with E-state index in [1.165, 1.54) is 37.1 Å². The van der Waals surface area contributed by atoms with Gasteiger partial charge < -0.3 is 23.7 Å². The molecule has 9 heteroatoms. The van der Waals surface area contributed by atoms with Gasteiger partial charge in [-0.3, -0.25) is 0 Å². The van der Waals surface area contributed by atoms with Crippen molar-refractivity contribution in [1.82, 2.24) is 0 Å². The number of hydrogen-bond acceptors (Lipinski definition) is 9. The van der Waals surface area contributed by atoms with Gasteiger partial charge in [0.15, 0.2) is 0 Å². The van der Waals surface area contributed by atoms with Crippen LogP contribution in [0.4, 0.5) is 4.79 Å². The predicted octanol–water partition coefficient (Wildman–Crippen LogP) is 5.67. The van der Waals surface area contributed by atoms with Crippen LogP contribution in [0, 0.1) is 11.8 Å². The number of rotatable bonds is 11. The van der Waals surface area contributed by atoms with Crippen LogP contribution in [-0.2, 0) is 19.0 Å². The van der Waals surface area contributed by atoms with E-state index in [0.717, 1.165) is 25.3 Å². The highest BCUT2D eigenvalue weighted by Gasteiger charge is 2.41. The van der Waals surface area contributed by atoms with E-state index >= 15 is 0 Å². The van der Waals surface area contributed by atoms with Crippen LogP contribution in [0.25, 0.3) is 0 Å². The van der Waals surface area contributed by atoms with E-state index in [9.17, 15) is 19.2 Å². The van der Waals surface area contributed by atoms with Crippen LogP contribution in [0.2, 0.25) is 0 Å². The van der Waals surface area contributed by atoms with Gasteiger partial charge in [0.1, 0.15) is 17.6 Å². The highest BCUT2D eigenvalue weighted by atomic mass is 16.7. The molecule has 2 aliphatic carbocycles. The van der Waals surface area contributed by atoms with Crippen molar-refractivity contribution in [3.63, 3.8) is 0 Å². The molecule has 0 radical (unpaired) electrons. The Morgan fingerprint density at radius 2 is 1.36 bits per heavy atom. The van der Waals surface area contributed by atoms with Crippen molar-refractivity contribution >= 4 is 24.1 Å². The summed E-state index contributed by atoms with van der Waals surface area (Å²) in [4.78, 5) is 47.8. The molecular formula is C30H32O9. The van der Waals surface area contributed by atoms with Crippen molar-refractivity contribution in [2.45, 2.75) is 51.0 Å². The molecular weight excluding hydrogens is 504 g/mol. The minimum absolute atomic E-state index is 0.00287. The summed E-state index contributed by atoms with van der Waals surface area (Å²) in [5.41, 5.74) is 0.668. The van der Waals surface area contributed by atoms with Gasteiger partial charge in [-0.05, 0) is 92.5 Å². The number of hydrogen-bond donors (Lipinski definition) is 0. The van der Waals surface area contributed by atoms with Gasteiger partial charge in [0.25, 0.3) is 0 Å². The van der Waals surface area contributed by atoms with Crippen LogP contribution < -0.4 is 9.47 Å². The molecule has 39 heavy (non-hydrogen) atoms. The zero-order valence-electron chi connectivity index (χ0n) is 21.7. The third-order valence-corrected chi connectivity index (χ3v) is 7.04. The molecule has 0 N–H and O–H groups in total. The summed E-state index contributed by atoms with van der Waals surface area (Å²) in [5, 5.41) is 0. The van der Waals surface area contributed by atoms with E-state index in [4.69, 9.17) is 23.7 Å². The molecule has 2 saturated carbocycles. The first-order chi connectivity index (χ1) is 18.9. The van der Waals surface area contributed by atoms with E-state index in [1.807, 2.05) is 0 Å². The van der Waals surface area contributed by atoms with Crippen LogP contribution in [-0.4, -0.2) is 43.4 Å². The second kappa shape index (κ2) is 13.6. The predicted molar refractivity (Wildman–Crippen MR) is 139 cm³/mol. The fraction of sp³-hybridized carbons (Fsp3) is 0.400. The Kier molecular flexibility index (Phi) is 9.72. The zero-order valence-corrected chi connectivity index (χ0v) is 21.7. The molecule has 2 fully saturated rings. The number of esters is 3. The van der Waals surface area contributed by atoms with Gasteiger partial charge in [-0.25, -0.2) is 19.2 Å². The second-order valence-corrected chi connectivity index (χ2v) is 9.59. The maximum Gasteiger partial charge on any atom is 0.513 e. The molecule has 0 saturated heterocycles. The fourth-order valence-electron chi connectivity index (χ4n) is 5.06. The van der Waals surface area contributed by atoms with E-state index in [2.05, 4.69) is 6.58 Å². The van der Waals surface area contributed by atoms with Crippen molar-refractivity contribution in [2.24, 2.45) is 11.8 Å². The Bertz CT molecular complexity index is 1170. The summed E-state index contributed by atoms with van der Waals surface area (Å²) < 4.78 is 26.0. The number of benzene rings is 2. The largest absolute Gasteiger partial charge is 0.513 e. The first kappa shape index (κ1) is 27.9. The van der Waals surface area contributed by atoms with Crippen LogP contribution in [0.1, 0.15) is 65.7 Å². The Balaban J connectivity index is 1.18. The first-order valence-corrected chi connectivity index (χ1v) is 13.2. The molecule has 206 valence electrons. The molecule has 2 aromatic rings. The molecule has 0 aliphatic heterocycles. The highest BCUT2D eigenvalue weighted by Crippen LogP contribution is 2.45. The normalized spacial score (nSPS) is 19.4. The smallest absolute Gasteiger partial charge is 0.463 e. The Morgan fingerprint density at radius 1 is 0.744 bits per heavy atom. The number of unbranched alkanes of at least 4 members (excludes halogenated alkanes) is 1. The average molecular weight is 537 g/mol. The molecule has 2 aliphatic rings. The van der Waals surface area contributed by atoms with Crippen LogP contribution >= 0.6 is 0 Å². The Labute approximate surface area is 227 Å². The molecule has 0 amide bonds. The monoisotopic (exact) mass is 536 g/mol. The summed E-state index contributed by atoms with van der Waals surface area (Å²) in [6, 6.07) is 12.1. The zero-order chi connectivity index (χ0) is 27.6. The number of fused-ring (bicyclic) bond motifs is 1. The lowest BCUT2D eigenvalue weighted by molar-refractivity contribution is -0.137. The lowest BCUT2D eigenvalue weighted by Gasteiger charge is -2.19. The van der Waals surface area contributed by atoms with E-state index < -0.39 is 18.1 Å². The lowest BCUT2D eigenvalue weighted by atomic mass is 9.99. The van der Waals surface area contributed by atoms with Crippen molar-refractivity contribution in [2.75, 3.05) is 13.2 Å². The number of carbonyl (C=O) groups excluding carboxylic acids is 4. The molecule has 0 aromatic heterocycles. The van der Waals surface area contributed by atoms with Crippen LogP contribution in [0.5, 0.6) is 11.5 Å². The van der Waals surface area contributed by atoms with E-state index in [0.29, 0.717) is 30.2 Å². The van der Waals surface area contributed by atoms with Gasteiger partial charge >= 0.3 is 24.1 Å². The molecule has 2 aromatic carbocycles. The van der Waals surface area contributed by atoms with Crippen molar-refractivity contribution in [3.05, 3.63) is 72.3 Å². The minimum Gasteiger partial charge on any atom is -0.463 e. The Hall–Kier alpha value is -4.14. The SMILES string of the molecule is C=CC(=O)OCCCCOC(=O)Oc1ccc(C(=O)Oc2ccc(C(=O)O[C@@H]3CCC4CCCC43)cc2)cc1. The van der Waals surface area contributed by atoms with Crippen molar-refractivity contribution < 1.29 is 42.9 Å². The minimum atomic E-state index is -0.886. The van der Waals surface area contributed by atoms with Gasteiger partial charge in [0.2, 0.25) is 0 Å². The average Bonchev–Trinajstić information content (AvgIpc) is 3.56. The number of carbonyl (C=O) groups is 4. The molecule has 0 bridgehead atoms. The maximum atomic E-state index is 12.6. The van der Waals surface area contributed by atoms with Gasteiger partial charge in [0.05, 0.1) is 24.3 Å².